The quantitative estimate of drug-likeness (QED) is 0.930. The summed E-state index contributed by atoms with van der Waals surface area (Å²) < 4.78 is 0. The molecule has 1 aliphatic carbocycles. The van der Waals surface area contributed by atoms with Crippen molar-refractivity contribution >= 4 is 11.6 Å². The van der Waals surface area contributed by atoms with Crippen LogP contribution in [0.2, 0.25) is 5.02 Å². The third-order valence-electron chi connectivity index (χ3n) is 3.95. The average Bonchev–Trinajstić information content (AvgIpc) is 3.33. The van der Waals surface area contributed by atoms with Gasteiger partial charge in [0.25, 0.3) is 0 Å². The van der Waals surface area contributed by atoms with Crippen LogP contribution in [0.3, 0.4) is 0 Å². The summed E-state index contributed by atoms with van der Waals surface area (Å²) in [4.78, 5) is 4.36. The zero-order valence-corrected chi connectivity index (χ0v) is 12.6. The van der Waals surface area contributed by atoms with Crippen LogP contribution < -0.4 is 5.32 Å². The van der Waals surface area contributed by atoms with Gasteiger partial charge in [-0.3, -0.25) is 4.98 Å². The molecule has 0 saturated heterocycles. The van der Waals surface area contributed by atoms with E-state index in [9.17, 15) is 0 Å². The van der Waals surface area contributed by atoms with Gasteiger partial charge in [-0.2, -0.15) is 5.26 Å². The van der Waals surface area contributed by atoms with Gasteiger partial charge in [-0.05, 0) is 55.1 Å². The topological polar surface area (TPSA) is 48.7 Å². The Hall–Kier alpha value is -1.89. The Morgan fingerprint density at radius 3 is 2.71 bits per heavy atom. The number of nitrogens with zero attached hydrogens (tertiary/aromatic N) is 2. The largest absolute Gasteiger partial charge is 0.313 e. The molecule has 1 aromatic heterocycles. The maximum Gasteiger partial charge on any atom is 0.101 e. The lowest BCUT2D eigenvalue weighted by Gasteiger charge is -2.16. The Kier molecular flexibility index (Phi) is 3.92. The van der Waals surface area contributed by atoms with E-state index in [4.69, 9.17) is 16.9 Å². The molecular formula is C17H16ClN3. The molecule has 3 nitrogen and oxygen atoms in total. The fourth-order valence-electron chi connectivity index (χ4n) is 2.68. The Morgan fingerprint density at radius 1 is 1.29 bits per heavy atom. The number of nitriles is 1. The van der Waals surface area contributed by atoms with E-state index >= 15 is 0 Å². The third-order valence-corrected chi connectivity index (χ3v) is 4.26. The average molecular weight is 298 g/mol. The van der Waals surface area contributed by atoms with Crippen molar-refractivity contribution in [3.63, 3.8) is 0 Å². The summed E-state index contributed by atoms with van der Waals surface area (Å²) >= 11 is 6.11. The zero-order chi connectivity index (χ0) is 14.8. The van der Waals surface area contributed by atoms with Crippen LogP contribution in [-0.4, -0.2) is 12.0 Å². The molecule has 21 heavy (non-hydrogen) atoms. The molecule has 0 amide bonds. The maximum atomic E-state index is 8.94. The van der Waals surface area contributed by atoms with Crippen molar-refractivity contribution in [2.45, 2.75) is 18.9 Å². The number of nitrogens with one attached hydrogen (secondary N) is 1. The highest BCUT2D eigenvalue weighted by Crippen LogP contribution is 2.41. The van der Waals surface area contributed by atoms with Crippen LogP contribution in [0, 0.1) is 17.2 Å². The third kappa shape index (κ3) is 2.92. The maximum absolute atomic E-state index is 8.94. The van der Waals surface area contributed by atoms with Crippen molar-refractivity contribution in [3.8, 4) is 17.2 Å². The van der Waals surface area contributed by atoms with Gasteiger partial charge in [-0.25, -0.2) is 0 Å². The van der Waals surface area contributed by atoms with Crippen LogP contribution in [0.25, 0.3) is 11.1 Å². The first kappa shape index (κ1) is 14.1. The molecule has 1 N–H and O–H groups in total. The Balaban J connectivity index is 1.96. The summed E-state index contributed by atoms with van der Waals surface area (Å²) in [7, 11) is 1.99. The number of halogens is 1. The SMILES string of the molecule is CNC(c1cncc(-c2ccc(C#N)c(Cl)c2)c1)C1CC1. The van der Waals surface area contributed by atoms with Gasteiger partial charge in [0.2, 0.25) is 0 Å². The lowest BCUT2D eigenvalue weighted by atomic mass is 9.99. The molecule has 0 aliphatic heterocycles. The van der Waals surface area contributed by atoms with Gasteiger partial charge in [0, 0.05) is 24.0 Å². The molecule has 1 atom stereocenters. The van der Waals surface area contributed by atoms with Crippen LogP contribution >= 0.6 is 11.6 Å². The number of aromatic nitrogens is 1. The predicted octanol–water partition coefficient (Wildman–Crippen LogP) is 3.94. The molecule has 1 heterocycles. The van der Waals surface area contributed by atoms with Crippen molar-refractivity contribution in [3.05, 3.63) is 52.8 Å². The first-order chi connectivity index (χ1) is 10.2. The molecule has 1 saturated carbocycles. The summed E-state index contributed by atoms with van der Waals surface area (Å²) in [6, 6.07) is 10.1. The van der Waals surface area contributed by atoms with Gasteiger partial charge in [-0.15, -0.1) is 0 Å². The second-order valence-corrected chi connectivity index (χ2v) is 5.82. The van der Waals surface area contributed by atoms with E-state index in [1.165, 1.54) is 18.4 Å². The van der Waals surface area contributed by atoms with Crippen LogP contribution in [0.1, 0.15) is 30.0 Å². The van der Waals surface area contributed by atoms with Crippen molar-refractivity contribution in [1.82, 2.24) is 10.3 Å². The number of hydrogen-bond acceptors (Lipinski definition) is 3. The van der Waals surface area contributed by atoms with Crippen LogP contribution in [-0.2, 0) is 0 Å². The van der Waals surface area contributed by atoms with Gasteiger partial charge in [0.1, 0.15) is 6.07 Å². The van der Waals surface area contributed by atoms with Gasteiger partial charge in [0.15, 0.2) is 0 Å². The molecule has 1 fully saturated rings. The summed E-state index contributed by atoms with van der Waals surface area (Å²) in [6.07, 6.45) is 6.31. The number of pyridine rings is 1. The van der Waals surface area contributed by atoms with Gasteiger partial charge >= 0.3 is 0 Å². The fraction of sp³-hybridized carbons (Fsp3) is 0.294. The molecule has 2 aromatic rings. The summed E-state index contributed by atoms with van der Waals surface area (Å²) in [6.45, 7) is 0. The highest BCUT2D eigenvalue weighted by Gasteiger charge is 2.31. The Bertz CT molecular complexity index is 701. The molecular weight excluding hydrogens is 282 g/mol. The monoisotopic (exact) mass is 297 g/mol. The molecule has 0 radical (unpaired) electrons. The molecule has 3 rings (SSSR count). The Labute approximate surface area is 129 Å². The number of rotatable bonds is 4. The highest BCUT2D eigenvalue weighted by molar-refractivity contribution is 6.32. The van der Waals surface area contributed by atoms with Crippen molar-refractivity contribution in [2.24, 2.45) is 5.92 Å². The van der Waals surface area contributed by atoms with Crippen molar-refractivity contribution in [1.29, 1.82) is 5.26 Å². The molecule has 106 valence electrons. The van der Waals surface area contributed by atoms with Crippen LogP contribution in [0.5, 0.6) is 0 Å². The second-order valence-electron chi connectivity index (χ2n) is 5.42. The standard InChI is InChI=1S/C17H16ClN3/c1-20-17(11-2-3-11)15-6-14(9-21-10-15)12-4-5-13(8-19)16(18)7-12/h4-7,9-11,17,20H,2-3H2,1H3. The van der Waals surface area contributed by atoms with Crippen molar-refractivity contribution < 1.29 is 0 Å². The number of benzene rings is 1. The van der Waals surface area contributed by atoms with Crippen molar-refractivity contribution in [2.75, 3.05) is 7.05 Å². The second kappa shape index (κ2) is 5.85. The van der Waals surface area contributed by atoms with E-state index in [1.54, 1.807) is 6.07 Å². The van der Waals surface area contributed by atoms with E-state index in [0.717, 1.165) is 17.0 Å². The van der Waals surface area contributed by atoms with Crippen LogP contribution in [0.15, 0.2) is 36.7 Å². The van der Waals surface area contributed by atoms with Gasteiger partial charge in [0.05, 0.1) is 10.6 Å². The molecule has 0 bridgehead atoms. The normalized spacial score (nSPS) is 15.5. The van der Waals surface area contributed by atoms with E-state index in [2.05, 4.69) is 22.4 Å². The first-order valence-corrected chi connectivity index (χ1v) is 7.43. The van der Waals surface area contributed by atoms with E-state index < -0.39 is 0 Å². The number of hydrogen-bond donors (Lipinski definition) is 1. The zero-order valence-electron chi connectivity index (χ0n) is 11.8. The Morgan fingerprint density at radius 2 is 2.10 bits per heavy atom. The highest BCUT2D eigenvalue weighted by atomic mass is 35.5. The summed E-state index contributed by atoms with van der Waals surface area (Å²) in [5, 5.41) is 12.8. The lowest BCUT2D eigenvalue weighted by Crippen LogP contribution is -2.18. The fourth-order valence-corrected chi connectivity index (χ4v) is 2.90. The lowest BCUT2D eigenvalue weighted by molar-refractivity contribution is 0.527. The summed E-state index contributed by atoms with van der Waals surface area (Å²) in [5.74, 6) is 0.719. The predicted molar refractivity (Wildman–Crippen MR) is 83.9 cm³/mol. The van der Waals surface area contributed by atoms with Gasteiger partial charge in [-0.1, -0.05) is 17.7 Å². The van der Waals surface area contributed by atoms with Gasteiger partial charge < -0.3 is 5.32 Å². The van der Waals surface area contributed by atoms with Crippen LogP contribution in [0.4, 0.5) is 0 Å². The molecule has 4 heteroatoms. The molecule has 0 spiro atoms. The van der Waals surface area contributed by atoms with E-state index in [-0.39, 0.29) is 0 Å². The molecule has 1 unspecified atom stereocenters. The minimum absolute atomic E-state index is 0.367. The summed E-state index contributed by atoms with van der Waals surface area (Å²) in [5.41, 5.74) is 3.72. The first-order valence-electron chi connectivity index (χ1n) is 7.05. The minimum atomic E-state index is 0.367. The smallest absolute Gasteiger partial charge is 0.101 e. The van der Waals surface area contributed by atoms with E-state index in [0.29, 0.717) is 16.6 Å². The molecule has 1 aliphatic rings. The molecule has 1 aromatic carbocycles. The minimum Gasteiger partial charge on any atom is -0.313 e. The van der Waals surface area contributed by atoms with E-state index in [1.807, 2.05) is 31.6 Å².